The fraction of sp³-hybridized carbons (Fsp3) is 0.0370. The van der Waals surface area contributed by atoms with Gasteiger partial charge in [0.1, 0.15) is 5.82 Å². The fourth-order valence-electron chi connectivity index (χ4n) is 3.66. The lowest BCUT2D eigenvalue weighted by Crippen LogP contribution is -2.27. The van der Waals surface area contributed by atoms with Gasteiger partial charge in [-0.25, -0.2) is 4.39 Å². The number of carbonyl (C=O) groups is 1. The maximum Gasteiger partial charge on any atom is 0.242 e. The van der Waals surface area contributed by atoms with Crippen molar-refractivity contribution in [3.05, 3.63) is 115 Å². The molecule has 0 radical (unpaired) electrons. The average Bonchev–Trinajstić information content (AvgIpc) is 3.34. The van der Waals surface area contributed by atoms with Crippen LogP contribution in [0.2, 0.25) is 0 Å². The van der Waals surface area contributed by atoms with Gasteiger partial charge >= 0.3 is 0 Å². The van der Waals surface area contributed by atoms with Crippen molar-refractivity contribution in [2.45, 2.75) is 5.16 Å². The number of para-hydroxylation sites is 2. The normalized spacial score (nSPS) is 10.8. The fourth-order valence-corrected chi connectivity index (χ4v) is 4.46. The summed E-state index contributed by atoms with van der Waals surface area (Å²) in [6.45, 7) is 0. The van der Waals surface area contributed by atoms with Crippen LogP contribution in [0, 0.1) is 5.82 Å². The predicted molar refractivity (Wildman–Crippen MR) is 135 cm³/mol. The minimum Gasteiger partial charge on any atom is -0.280 e. The third-order valence-electron chi connectivity index (χ3n) is 5.26. The SMILES string of the molecule is O=C(CSc1nnc(-c2ccncc2)n1-c1ccc(F)cc1)N(c1ccccc1)c1ccccc1. The summed E-state index contributed by atoms with van der Waals surface area (Å²) in [6, 6.07) is 28.8. The van der Waals surface area contributed by atoms with Crippen LogP contribution in [0.5, 0.6) is 0 Å². The van der Waals surface area contributed by atoms with Gasteiger partial charge in [0.05, 0.1) is 5.75 Å². The molecule has 0 aliphatic rings. The first kappa shape index (κ1) is 22.5. The number of amides is 1. The van der Waals surface area contributed by atoms with Crippen molar-refractivity contribution in [3.8, 4) is 17.1 Å². The molecule has 5 rings (SSSR count). The van der Waals surface area contributed by atoms with Crippen molar-refractivity contribution in [2.24, 2.45) is 0 Å². The number of halogens is 1. The van der Waals surface area contributed by atoms with E-state index in [-0.39, 0.29) is 17.5 Å². The minimum absolute atomic E-state index is 0.105. The summed E-state index contributed by atoms with van der Waals surface area (Å²) in [7, 11) is 0. The van der Waals surface area contributed by atoms with Crippen LogP contribution >= 0.6 is 11.8 Å². The Labute approximate surface area is 206 Å². The predicted octanol–water partition coefficient (Wildman–Crippen LogP) is 5.93. The van der Waals surface area contributed by atoms with E-state index in [1.165, 1.54) is 23.9 Å². The number of pyridine rings is 1. The zero-order valence-corrected chi connectivity index (χ0v) is 19.3. The average molecular weight is 482 g/mol. The van der Waals surface area contributed by atoms with Gasteiger partial charge in [-0.15, -0.1) is 10.2 Å². The Kier molecular flexibility index (Phi) is 6.63. The van der Waals surface area contributed by atoms with Crippen LogP contribution in [0.4, 0.5) is 15.8 Å². The molecule has 2 heterocycles. The van der Waals surface area contributed by atoms with E-state index in [0.717, 1.165) is 16.9 Å². The first-order chi connectivity index (χ1) is 17.2. The van der Waals surface area contributed by atoms with Crippen LogP contribution in [-0.2, 0) is 4.79 Å². The topological polar surface area (TPSA) is 63.9 Å². The maximum atomic E-state index is 13.6. The number of anilines is 2. The first-order valence-electron chi connectivity index (χ1n) is 10.9. The van der Waals surface area contributed by atoms with Gasteiger partial charge in [-0.3, -0.25) is 19.2 Å². The molecule has 5 aromatic rings. The molecule has 172 valence electrons. The highest BCUT2D eigenvalue weighted by atomic mass is 32.2. The lowest BCUT2D eigenvalue weighted by Gasteiger charge is -2.23. The molecule has 0 spiro atoms. The van der Waals surface area contributed by atoms with Gasteiger partial charge < -0.3 is 0 Å². The van der Waals surface area contributed by atoms with E-state index >= 15 is 0 Å². The van der Waals surface area contributed by atoms with Gasteiger partial charge in [-0.05, 0) is 60.7 Å². The molecule has 0 aliphatic heterocycles. The Bertz CT molecular complexity index is 1370. The van der Waals surface area contributed by atoms with Crippen LogP contribution in [0.15, 0.2) is 115 Å². The smallest absolute Gasteiger partial charge is 0.242 e. The highest BCUT2D eigenvalue weighted by Crippen LogP contribution is 2.30. The van der Waals surface area contributed by atoms with Crippen molar-refractivity contribution in [3.63, 3.8) is 0 Å². The molecule has 0 saturated heterocycles. The Morgan fingerprint density at radius 2 is 1.40 bits per heavy atom. The lowest BCUT2D eigenvalue weighted by atomic mass is 10.2. The first-order valence-corrected chi connectivity index (χ1v) is 11.9. The van der Waals surface area contributed by atoms with Crippen molar-refractivity contribution >= 4 is 29.0 Å². The number of hydrogen-bond donors (Lipinski definition) is 0. The zero-order valence-electron chi connectivity index (χ0n) is 18.5. The van der Waals surface area contributed by atoms with Gasteiger partial charge in [0.15, 0.2) is 11.0 Å². The summed E-state index contributed by atoms with van der Waals surface area (Å²) in [5, 5.41) is 9.25. The Hall–Kier alpha value is -4.30. The molecule has 0 N–H and O–H groups in total. The van der Waals surface area contributed by atoms with Crippen molar-refractivity contribution in [2.75, 3.05) is 10.7 Å². The van der Waals surface area contributed by atoms with E-state index in [2.05, 4.69) is 15.2 Å². The number of thioether (sulfide) groups is 1. The third-order valence-corrected chi connectivity index (χ3v) is 6.17. The van der Waals surface area contributed by atoms with Crippen LogP contribution in [0.3, 0.4) is 0 Å². The second-order valence-corrected chi connectivity index (χ2v) is 8.49. The van der Waals surface area contributed by atoms with E-state index in [4.69, 9.17) is 0 Å². The van der Waals surface area contributed by atoms with E-state index in [0.29, 0.717) is 16.7 Å². The van der Waals surface area contributed by atoms with Gasteiger partial charge in [0, 0.05) is 35.0 Å². The van der Waals surface area contributed by atoms with Crippen LogP contribution in [-0.4, -0.2) is 31.4 Å². The number of rotatable bonds is 7. The summed E-state index contributed by atoms with van der Waals surface area (Å²) in [6.07, 6.45) is 3.35. The van der Waals surface area contributed by atoms with Crippen LogP contribution in [0.1, 0.15) is 0 Å². The molecule has 0 atom stereocenters. The second-order valence-electron chi connectivity index (χ2n) is 7.54. The van der Waals surface area contributed by atoms with E-state index < -0.39 is 0 Å². The molecule has 1 amide bonds. The van der Waals surface area contributed by atoms with E-state index in [1.807, 2.05) is 77.4 Å². The van der Waals surface area contributed by atoms with E-state index in [9.17, 15) is 9.18 Å². The lowest BCUT2D eigenvalue weighted by molar-refractivity contribution is -0.115. The van der Waals surface area contributed by atoms with E-state index in [1.54, 1.807) is 29.4 Å². The number of aromatic nitrogens is 4. The molecule has 0 saturated carbocycles. The Morgan fingerprint density at radius 1 is 0.800 bits per heavy atom. The number of benzene rings is 3. The molecule has 3 aromatic carbocycles. The molecule has 0 aliphatic carbocycles. The molecular weight excluding hydrogens is 461 g/mol. The summed E-state index contributed by atoms with van der Waals surface area (Å²) < 4.78 is 15.4. The van der Waals surface area contributed by atoms with Gasteiger partial charge in [0.25, 0.3) is 0 Å². The molecule has 0 unspecified atom stereocenters. The van der Waals surface area contributed by atoms with Crippen molar-refractivity contribution in [1.82, 2.24) is 19.7 Å². The highest BCUT2D eigenvalue weighted by molar-refractivity contribution is 7.99. The molecule has 8 heteroatoms. The zero-order chi connectivity index (χ0) is 24.0. The van der Waals surface area contributed by atoms with Crippen LogP contribution < -0.4 is 4.90 Å². The maximum absolute atomic E-state index is 13.6. The van der Waals surface area contributed by atoms with Gasteiger partial charge in [0.2, 0.25) is 5.91 Å². The van der Waals surface area contributed by atoms with Crippen molar-refractivity contribution < 1.29 is 9.18 Å². The largest absolute Gasteiger partial charge is 0.280 e. The standard InChI is InChI=1S/C27H20FN5OS/c28-21-11-13-24(14-12-21)33-26(20-15-17-29-18-16-20)30-31-27(33)35-19-25(34)32(22-7-3-1-4-8-22)23-9-5-2-6-10-23/h1-18H,19H2. The summed E-state index contributed by atoms with van der Waals surface area (Å²) in [5.74, 6) is 0.265. The molecule has 6 nitrogen and oxygen atoms in total. The minimum atomic E-state index is -0.335. The monoisotopic (exact) mass is 481 g/mol. The quantitative estimate of drug-likeness (QED) is 0.270. The molecule has 0 fully saturated rings. The van der Waals surface area contributed by atoms with Gasteiger partial charge in [-0.1, -0.05) is 48.2 Å². The molecule has 2 aromatic heterocycles. The Morgan fingerprint density at radius 3 is 2.00 bits per heavy atom. The summed E-state index contributed by atoms with van der Waals surface area (Å²) >= 11 is 1.28. The van der Waals surface area contributed by atoms with Crippen LogP contribution in [0.25, 0.3) is 17.1 Å². The molecule has 35 heavy (non-hydrogen) atoms. The molecule has 0 bridgehead atoms. The summed E-state index contributed by atoms with van der Waals surface area (Å²) in [4.78, 5) is 19.2. The number of carbonyl (C=O) groups excluding carboxylic acids is 1. The van der Waals surface area contributed by atoms with Crippen molar-refractivity contribution in [1.29, 1.82) is 0 Å². The summed E-state index contributed by atoms with van der Waals surface area (Å²) in [5.41, 5.74) is 3.06. The number of nitrogens with zero attached hydrogens (tertiary/aromatic N) is 5. The highest BCUT2D eigenvalue weighted by Gasteiger charge is 2.21. The molecular formula is C27H20FN5OS. The second kappa shape index (κ2) is 10.3. The third kappa shape index (κ3) is 4.97. The number of hydrogen-bond acceptors (Lipinski definition) is 5. The Balaban J connectivity index is 1.47. The van der Waals surface area contributed by atoms with Gasteiger partial charge in [-0.2, -0.15) is 0 Å².